The first-order valence-electron chi connectivity index (χ1n) is 8.31. The van der Waals surface area contributed by atoms with Gasteiger partial charge in [-0.15, -0.1) is 12.4 Å². The fourth-order valence-electron chi connectivity index (χ4n) is 3.04. The largest absolute Gasteiger partial charge is 0.347 e. The monoisotopic (exact) mass is 353 g/mol. The first-order chi connectivity index (χ1) is 11.0. The highest BCUT2D eigenvalue weighted by Crippen LogP contribution is 2.21. The topological polar surface area (TPSA) is 75.4 Å². The molecule has 1 fully saturated rings. The molecule has 0 aromatic heterocycles. The molecule has 1 aromatic rings. The summed E-state index contributed by atoms with van der Waals surface area (Å²) in [5, 5.41) is 2.73. The molecule has 134 valence electrons. The standard InChI is InChI=1S/C18H27N3O2.ClH/c1-13-3-5-15(6-4-13)7-8-17(22)20-11-18(23)21-12-16(10-19)9-14(21)2;/h3-6,14,16H,7-12,19H2,1-2H3,(H,20,22);1H. The molecule has 5 nitrogen and oxygen atoms in total. The van der Waals surface area contributed by atoms with Crippen molar-refractivity contribution >= 4 is 24.2 Å². The van der Waals surface area contributed by atoms with Crippen molar-refractivity contribution in [2.45, 2.75) is 39.2 Å². The molecule has 24 heavy (non-hydrogen) atoms. The normalized spacial score (nSPS) is 19.7. The lowest BCUT2D eigenvalue weighted by Gasteiger charge is -2.21. The molecule has 1 aliphatic heterocycles. The Kier molecular flexibility index (Phi) is 8.22. The van der Waals surface area contributed by atoms with Crippen LogP contribution in [-0.4, -0.2) is 42.4 Å². The van der Waals surface area contributed by atoms with Gasteiger partial charge in [0.1, 0.15) is 0 Å². The Labute approximate surface area is 150 Å². The molecule has 2 atom stereocenters. The lowest BCUT2D eigenvalue weighted by molar-refractivity contribution is -0.133. The molecule has 0 aliphatic carbocycles. The summed E-state index contributed by atoms with van der Waals surface area (Å²) in [7, 11) is 0. The van der Waals surface area contributed by atoms with E-state index in [1.807, 2.05) is 43.0 Å². The Balaban J connectivity index is 0.00000288. The molecule has 3 N–H and O–H groups in total. The molecular formula is C18H28ClN3O2. The SMILES string of the molecule is Cc1ccc(CCC(=O)NCC(=O)N2CC(CN)CC2C)cc1.Cl. The van der Waals surface area contributed by atoms with Crippen molar-refractivity contribution in [2.24, 2.45) is 11.7 Å². The molecule has 1 heterocycles. The van der Waals surface area contributed by atoms with Crippen molar-refractivity contribution in [2.75, 3.05) is 19.6 Å². The first kappa shape index (κ1) is 20.5. The quantitative estimate of drug-likeness (QED) is 0.816. The molecule has 2 unspecified atom stereocenters. The van der Waals surface area contributed by atoms with Crippen LogP contribution in [0.15, 0.2) is 24.3 Å². The number of likely N-dealkylation sites (tertiary alicyclic amines) is 1. The van der Waals surface area contributed by atoms with Gasteiger partial charge in [-0.25, -0.2) is 0 Å². The number of nitrogens with two attached hydrogens (primary N) is 1. The Morgan fingerprint density at radius 2 is 1.96 bits per heavy atom. The van der Waals surface area contributed by atoms with Crippen LogP contribution in [0.5, 0.6) is 0 Å². The van der Waals surface area contributed by atoms with Gasteiger partial charge in [-0.2, -0.15) is 0 Å². The maximum absolute atomic E-state index is 12.2. The minimum Gasteiger partial charge on any atom is -0.347 e. The number of nitrogens with one attached hydrogen (secondary N) is 1. The highest BCUT2D eigenvalue weighted by molar-refractivity contribution is 5.85. The zero-order chi connectivity index (χ0) is 16.8. The van der Waals surface area contributed by atoms with Crippen molar-refractivity contribution in [3.63, 3.8) is 0 Å². The molecule has 0 spiro atoms. The van der Waals surface area contributed by atoms with E-state index in [-0.39, 0.29) is 36.8 Å². The van der Waals surface area contributed by atoms with Crippen LogP contribution in [0, 0.1) is 12.8 Å². The third-order valence-corrected chi connectivity index (χ3v) is 4.51. The first-order valence-corrected chi connectivity index (χ1v) is 8.31. The van der Waals surface area contributed by atoms with E-state index in [2.05, 4.69) is 5.32 Å². The van der Waals surface area contributed by atoms with Crippen LogP contribution in [0.2, 0.25) is 0 Å². The number of amides is 2. The minimum absolute atomic E-state index is 0. The summed E-state index contributed by atoms with van der Waals surface area (Å²) in [5.74, 6) is 0.282. The highest BCUT2D eigenvalue weighted by Gasteiger charge is 2.31. The maximum atomic E-state index is 12.2. The van der Waals surface area contributed by atoms with Crippen LogP contribution >= 0.6 is 12.4 Å². The number of rotatable bonds is 6. The van der Waals surface area contributed by atoms with E-state index >= 15 is 0 Å². The van der Waals surface area contributed by atoms with Crippen LogP contribution in [0.3, 0.4) is 0 Å². The van der Waals surface area contributed by atoms with Gasteiger partial charge in [0.2, 0.25) is 11.8 Å². The number of carbonyl (C=O) groups excluding carboxylic acids is 2. The van der Waals surface area contributed by atoms with Crippen LogP contribution < -0.4 is 11.1 Å². The maximum Gasteiger partial charge on any atom is 0.242 e. The number of nitrogens with zero attached hydrogens (tertiary/aromatic N) is 1. The lowest BCUT2D eigenvalue weighted by Crippen LogP contribution is -2.42. The van der Waals surface area contributed by atoms with E-state index in [1.54, 1.807) is 0 Å². The fraction of sp³-hybridized carbons (Fsp3) is 0.556. The summed E-state index contributed by atoms with van der Waals surface area (Å²) in [4.78, 5) is 25.9. The predicted octanol–water partition coefficient (Wildman–Crippen LogP) is 1.66. The Morgan fingerprint density at radius 3 is 2.54 bits per heavy atom. The number of benzene rings is 1. The fourth-order valence-corrected chi connectivity index (χ4v) is 3.04. The van der Waals surface area contributed by atoms with Crippen molar-refractivity contribution in [3.05, 3.63) is 35.4 Å². The number of halogens is 1. The molecular weight excluding hydrogens is 326 g/mol. The molecule has 1 aromatic carbocycles. The van der Waals surface area contributed by atoms with E-state index in [0.717, 1.165) is 12.0 Å². The molecule has 1 aliphatic rings. The number of carbonyl (C=O) groups is 2. The van der Waals surface area contributed by atoms with Crippen LogP contribution in [0.25, 0.3) is 0 Å². The van der Waals surface area contributed by atoms with Gasteiger partial charge < -0.3 is 16.0 Å². The van der Waals surface area contributed by atoms with Gasteiger partial charge in [0.25, 0.3) is 0 Å². The summed E-state index contributed by atoms with van der Waals surface area (Å²) in [6, 6.07) is 8.36. The second kappa shape index (κ2) is 9.64. The summed E-state index contributed by atoms with van der Waals surface area (Å²) < 4.78 is 0. The van der Waals surface area contributed by atoms with Crippen molar-refractivity contribution < 1.29 is 9.59 Å². The minimum atomic E-state index is -0.0823. The van der Waals surface area contributed by atoms with E-state index in [9.17, 15) is 9.59 Å². The second-order valence-corrected chi connectivity index (χ2v) is 6.49. The van der Waals surface area contributed by atoms with Gasteiger partial charge in [-0.05, 0) is 44.7 Å². The molecule has 2 rings (SSSR count). The Hall–Kier alpha value is -1.59. The van der Waals surface area contributed by atoms with E-state index < -0.39 is 0 Å². The van der Waals surface area contributed by atoms with Crippen LogP contribution in [-0.2, 0) is 16.0 Å². The van der Waals surface area contributed by atoms with Gasteiger partial charge >= 0.3 is 0 Å². The van der Waals surface area contributed by atoms with Crippen molar-refractivity contribution in [1.82, 2.24) is 10.2 Å². The third-order valence-electron chi connectivity index (χ3n) is 4.51. The zero-order valence-corrected chi connectivity index (χ0v) is 15.3. The van der Waals surface area contributed by atoms with Crippen LogP contribution in [0.1, 0.15) is 30.9 Å². The molecule has 1 saturated heterocycles. The summed E-state index contributed by atoms with van der Waals surface area (Å²) in [6.45, 7) is 5.46. The Morgan fingerprint density at radius 1 is 1.29 bits per heavy atom. The Bertz CT molecular complexity index is 548. The van der Waals surface area contributed by atoms with Gasteiger partial charge in [0, 0.05) is 19.0 Å². The number of hydrogen-bond donors (Lipinski definition) is 2. The van der Waals surface area contributed by atoms with Gasteiger partial charge in [0.15, 0.2) is 0 Å². The summed E-state index contributed by atoms with van der Waals surface area (Å²) in [5.41, 5.74) is 8.02. The second-order valence-electron chi connectivity index (χ2n) is 6.49. The van der Waals surface area contributed by atoms with Gasteiger partial charge in [0.05, 0.1) is 6.54 Å². The summed E-state index contributed by atoms with van der Waals surface area (Å²) >= 11 is 0. The third kappa shape index (κ3) is 5.80. The van der Waals surface area contributed by atoms with Crippen molar-refractivity contribution in [1.29, 1.82) is 0 Å². The average Bonchev–Trinajstić information content (AvgIpc) is 2.93. The van der Waals surface area contributed by atoms with Gasteiger partial charge in [-0.1, -0.05) is 29.8 Å². The molecule has 2 amide bonds. The molecule has 0 saturated carbocycles. The number of aryl methyl sites for hydroxylation is 2. The van der Waals surface area contributed by atoms with Gasteiger partial charge in [-0.3, -0.25) is 9.59 Å². The average molecular weight is 354 g/mol. The molecule has 0 radical (unpaired) electrons. The lowest BCUT2D eigenvalue weighted by atomic mass is 10.1. The van der Waals surface area contributed by atoms with E-state index in [0.29, 0.717) is 31.8 Å². The predicted molar refractivity (Wildman–Crippen MR) is 98.1 cm³/mol. The zero-order valence-electron chi connectivity index (χ0n) is 14.5. The molecule has 6 heteroatoms. The smallest absolute Gasteiger partial charge is 0.242 e. The van der Waals surface area contributed by atoms with E-state index in [4.69, 9.17) is 5.73 Å². The van der Waals surface area contributed by atoms with E-state index in [1.165, 1.54) is 5.56 Å². The van der Waals surface area contributed by atoms with Crippen molar-refractivity contribution in [3.8, 4) is 0 Å². The number of hydrogen-bond acceptors (Lipinski definition) is 3. The highest BCUT2D eigenvalue weighted by atomic mass is 35.5. The molecule has 0 bridgehead atoms. The summed E-state index contributed by atoms with van der Waals surface area (Å²) in [6.07, 6.45) is 2.04. The van der Waals surface area contributed by atoms with Crippen LogP contribution in [0.4, 0.5) is 0 Å².